The molecule has 2 heterocycles. The summed E-state index contributed by atoms with van der Waals surface area (Å²) in [6.45, 7) is 11.8. The van der Waals surface area contributed by atoms with Crippen LogP contribution in [0.25, 0.3) is 49.5 Å². The van der Waals surface area contributed by atoms with Crippen molar-refractivity contribution in [2.45, 2.75) is 39.9 Å². The van der Waals surface area contributed by atoms with Crippen LogP contribution in [-0.2, 0) is 26.5 Å². The molecule has 0 fully saturated rings. The van der Waals surface area contributed by atoms with Crippen molar-refractivity contribution >= 4 is 45.8 Å². The molecule has 0 unspecified atom stereocenters. The molecule has 0 saturated heterocycles. The van der Waals surface area contributed by atoms with E-state index >= 15 is 0 Å². The molecule has 38 heavy (non-hydrogen) atoms. The summed E-state index contributed by atoms with van der Waals surface area (Å²) in [6.07, 6.45) is 3.23. The predicted octanol–water partition coefficient (Wildman–Crippen LogP) is 8.54. The average Bonchev–Trinajstić information content (AvgIpc) is 3.21. The van der Waals surface area contributed by atoms with E-state index in [1.807, 2.05) is 0 Å². The summed E-state index contributed by atoms with van der Waals surface area (Å²) in [4.78, 5) is 5.02. The van der Waals surface area contributed by atoms with Gasteiger partial charge in [0.1, 0.15) is 0 Å². The molecule has 0 aliphatic carbocycles. The molecule has 2 aromatic heterocycles. The zero-order valence-corrected chi connectivity index (χ0v) is 26.1. The van der Waals surface area contributed by atoms with Crippen molar-refractivity contribution in [3.05, 3.63) is 103 Å². The Kier molecular flexibility index (Phi) is 7.17. The standard InChI is InChI=1S/C34H33N2Si.Ir/c1-23(2)20-24-21-30(35-22-34(24)37(3,4)5)26-18-19-33(27-13-7-6-12-25(26)27)36-31-16-10-8-14-28(31)29-15-9-11-17-32(29)36;/h6-17,19,21-23H,20H2,1-5H3;/q-1;. The van der Waals surface area contributed by atoms with E-state index in [1.165, 1.54) is 43.3 Å². The number of aromatic nitrogens is 2. The summed E-state index contributed by atoms with van der Waals surface area (Å²) in [5.74, 6) is 0.601. The molecule has 0 saturated carbocycles. The van der Waals surface area contributed by atoms with Gasteiger partial charge in [0.25, 0.3) is 0 Å². The SMILES string of the molecule is CC(C)Cc1cc(-c2[c-]cc(-n3c4ccccc4c4ccccc43)c3ccccc23)ncc1[Si](C)(C)C.[Ir]. The summed E-state index contributed by atoms with van der Waals surface area (Å²) < 4.78 is 2.39. The van der Waals surface area contributed by atoms with Crippen LogP contribution in [0.15, 0.2) is 91.1 Å². The third-order valence-corrected chi connectivity index (χ3v) is 9.39. The van der Waals surface area contributed by atoms with E-state index in [2.05, 4.69) is 135 Å². The summed E-state index contributed by atoms with van der Waals surface area (Å²) in [5, 5.41) is 6.41. The Balaban J connectivity index is 0.00000294. The van der Waals surface area contributed by atoms with E-state index in [1.54, 1.807) is 0 Å². The van der Waals surface area contributed by atoms with Gasteiger partial charge in [-0.3, -0.25) is 0 Å². The molecule has 0 aliphatic rings. The number of benzene rings is 4. The number of fused-ring (bicyclic) bond motifs is 4. The number of hydrogen-bond donors (Lipinski definition) is 0. The number of nitrogens with zero attached hydrogens (tertiary/aromatic N) is 2. The third-order valence-electron chi connectivity index (χ3n) is 7.33. The van der Waals surface area contributed by atoms with Crippen molar-refractivity contribution in [1.82, 2.24) is 9.55 Å². The first-order valence-electron chi connectivity index (χ1n) is 13.2. The fraction of sp³-hybridized carbons (Fsp3) is 0.206. The molecule has 4 aromatic carbocycles. The molecule has 0 aliphatic heterocycles. The van der Waals surface area contributed by atoms with Crippen LogP contribution in [0.3, 0.4) is 0 Å². The second kappa shape index (κ2) is 10.3. The quantitative estimate of drug-likeness (QED) is 0.131. The van der Waals surface area contributed by atoms with Gasteiger partial charge in [0.05, 0.1) is 8.07 Å². The van der Waals surface area contributed by atoms with Gasteiger partial charge in [0, 0.05) is 48.1 Å². The second-order valence-corrected chi connectivity index (χ2v) is 16.6. The fourth-order valence-electron chi connectivity index (χ4n) is 5.72. The van der Waals surface area contributed by atoms with Gasteiger partial charge in [-0.15, -0.1) is 17.7 Å². The molecule has 0 bridgehead atoms. The van der Waals surface area contributed by atoms with Gasteiger partial charge in [-0.2, -0.15) is 0 Å². The zero-order chi connectivity index (χ0) is 25.7. The molecule has 0 N–H and O–H groups in total. The van der Waals surface area contributed by atoms with Crippen LogP contribution in [0.2, 0.25) is 19.6 Å². The monoisotopic (exact) mass is 690 g/mol. The van der Waals surface area contributed by atoms with Gasteiger partial charge in [-0.05, 0) is 41.0 Å². The molecule has 0 amide bonds. The van der Waals surface area contributed by atoms with E-state index in [-0.39, 0.29) is 20.1 Å². The van der Waals surface area contributed by atoms with Crippen LogP contribution in [0.1, 0.15) is 19.4 Å². The minimum absolute atomic E-state index is 0. The molecule has 2 nitrogen and oxygen atoms in total. The van der Waals surface area contributed by atoms with E-state index in [9.17, 15) is 0 Å². The summed E-state index contributed by atoms with van der Waals surface area (Å²) in [6, 6.07) is 34.2. The van der Waals surface area contributed by atoms with Crippen molar-refractivity contribution in [3.8, 4) is 16.9 Å². The maximum Gasteiger partial charge on any atom is 0.0798 e. The van der Waals surface area contributed by atoms with Gasteiger partial charge in [-0.1, -0.05) is 117 Å². The van der Waals surface area contributed by atoms with Gasteiger partial charge in [0.2, 0.25) is 0 Å². The Morgan fingerprint density at radius 1 is 0.789 bits per heavy atom. The van der Waals surface area contributed by atoms with Crippen LogP contribution in [0.4, 0.5) is 0 Å². The summed E-state index contributed by atoms with van der Waals surface area (Å²) in [5.41, 5.74) is 7.12. The third kappa shape index (κ3) is 4.56. The van der Waals surface area contributed by atoms with E-state index in [0.29, 0.717) is 5.92 Å². The Morgan fingerprint density at radius 3 is 1.92 bits per heavy atom. The first-order valence-corrected chi connectivity index (χ1v) is 16.7. The Morgan fingerprint density at radius 2 is 1.34 bits per heavy atom. The minimum Gasteiger partial charge on any atom is -0.350 e. The Bertz CT molecular complexity index is 1720. The zero-order valence-electron chi connectivity index (χ0n) is 22.7. The van der Waals surface area contributed by atoms with E-state index < -0.39 is 8.07 Å². The predicted molar refractivity (Wildman–Crippen MR) is 162 cm³/mol. The van der Waals surface area contributed by atoms with Crippen LogP contribution in [0.5, 0.6) is 0 Å². The van der Waals surface area contributed by atoms with Crippen molar-refractivity contribution in [2.24, 2.45) is 5.92 Å². The first kappa shape index (κ1) is 26.6. The molecule has 6 rings (SSSR count). The van der Waals surface area contributed by atoms with Gasteiger partial charge >= 0.3 is 0 Å². The topological polar surface area (TPSA) is 17.8 Å². The summed E-state index contributed by atoms with van der Waals surface area (Å²) in [7, 11) is -1.50. The van der Waals surface area contributed by atoms with Gasteiger partial charge < -0.3 is 9.55 Å². The smallest absolute Gasteiger partial charge is 0.0798 e. The second-order valence-electron chi connectivity index (χ2n) is 11.5. The van der Waals surface area contributed by atoms with Gasteiger partial charge in [-0.25, -0.2) is 0 Å². The van der Waals surface area contributed by atoms with Crippen LogP contribution < -0.4 is 5.19 Å². The first-order chi connectivity index (χ1) is 17.8. The van der Waals surface area contributed by atoms with E-state index in [0.717, 1.165) is 23.4 Å². The van der Waals surface area contributed by atoms with Gasteiger partial charge in [0.15, 0.2) is 0 Å². The number of para-hydroxylation sites is 2. The van der Waals surface area contributed by atoms with E-state index in [4.69, 9.17) is 4.98 Å². The van der Waals surface area contributed by atoms with Crippen molar-refractivity contribution in [2.75, 3.05) is 0 Å². The average molecular weight is 690 g/mol. The minimum atomic E-state index is -1.50. The normalized spacial score (nSPS) is 11.9. The van der Waals surface area contributed by atoms with Crippen LogP contribution in [-0.4, -0.2) is 17.6 Å². The Labute approximate surface area is 240 Å². The molecule has 0 atom stereocenters. The molecular weight excluding hydrogens is 657 g/mol. The number of rotatable bonds is 5. The maximum absolute atomic E-state index is 5.02. The number of hydrogen-bond acceptors (Lipinski definition) is 1. The maximum atomic E-state index is 5.02. The van der Waals surface area contributed by atoms with Crippen molar-refractivity contribution in [1.29, 1.82) is 0 Å². The molecule has 4 heteroatoms. The van der Waals surface area contributed by atoms with Crippen molar-refractivity contribution < 1.29 is 20.1 Å². The number of pyridine rings is 1. The van der Waals surface area contributed by atoms with Crippen molar-refractivity contribution in [3.63, 3.8) is 0 Å². The largest absolute Gasteiger partial charge is 0.350 e. The Hall–Kier alpha value is -3.04. The molecule has 6 aromatic rings. The summed E-state index contributed by atoms with van der Waals surface area (Å²) >= 11 is 0. The molecule has 193 valence electrons. The fourth-order valence-corrected chi connectivity index (χ4v) is 7.31. The van der Waals surface area contributed by atoms with Crippen LogP contribution in [0, 0.1) is 12.0 Å². The van der Waals surface area contributed by atoms with Crippen LogP contribution >= 0.6 is 0 Å². The molecular formula is C34H33IrN2Si-. The molecule has 0 spiro atoms. The molecule has 1 radical (unpaired) electrons.